The first kappa shape index (κ1) is 43.2. The fourth-order valence-electron chi connectivity index (χ4n) is 6.61. The number of aryl methyl sites for hydroxylation is 1. The molecule has 0 saturated heterocycles. The van der Waals surface area contributed by atoms with Crippen molar-refractivity contribution >= 4 is 16.0 Å². The van der Waals surface area contributed by atoms with Gasteiger partial charge >= 0.3 is 0 Å². The van der Waals surface area contributed by atoms with Crippen LogP contribution in [-0.2, 0) is 14.8 Å². The van der Waals surface area contributed by atoms with Crippen molar-refractivity contribution in [3.63, 3.8) is 0 Å². The van der Waals surface area contributed by atoms with Crippen molar-refractivity contribution < 1.29 is 22.6 Å². The fraction of sp³-hybridized carbons (Fsp3) is 0.548. The number of hydrogen-bond donors (Lipinski definition) is 0. The standard InChI is InChI=1S/C42H59N7O5S/c1-10-21-33-28-44-39(45-29-33)38(54-9)32(3)55(50,51)48(25-19-17-15-13-11-12-14-16-18-24-42(4,5)6)41-47-46-40(34-26-31(2)27-43-30-34)49(41)37-35(52-7)22-20-23-36(37)53-8/h20,22-23,26-30,32,38H,11-19,24-25H2,1-9H3/t32-,38-/m0/s1. The van der Waals surface area contributed by atoms with E-state index in [1.165, 1.54) is 49.9 Å². The number of rotatable bonds is 21. The van der Waals surface area contributed by atoms with E-state index in [-0.39, 0.29) is 18.3 Å². The summed E-state index contributed by atoms with van der Waals surface area (Å²) >= 11 is 0. The molecular weight excluding hydrogens is 715 g/mol. The van der Waals surface area contributed by atoms with Gasteiger partial charge in [-0.1, -0.05) is 84.1 Å². The van der Waals surface area contributed by atoms with Crippen molar-refractivity contribution in [3.8, 4) is 40.4 Å². The second-order valence-corrected chi connectivity index (χ2v) is 17.3. The number of para-hydroxylation sites is 1. The van der Waals surface area contributed by atoms with Crippen molar-refractivity contribution in [1.82, 2.24) is 29.7 Å². The average Bonchev–Trinajstić information content (AvgIpc) is 3.59. The molecule has 12 nitrogen and oxygen atoms in total. The Bertz CT molecular complexity index is 1960. The molecule has 55 heavy (non-hydrogen) atoms. The van der Waals surface area contributed by atoms with Gasteiger partial charge < -0.3 is 14.2 Å². The molecule has 0 fully saturated rings. The number of benzene rings is 1. The minimum Gasteiger partial charge on any atom is -0.494 e. The van der Waals surface area contributed by atoms with Gasteiger partial charge in [-0.05, 0) is 62.8 Å². The van der Waals surface area contributed by atoms with Crippen molar-refractivity contribution in [1.29, 1.82) is 0 Å². The highest BCUT2D eigenvalue weighted by molar-refractivity contribution is 7.93. The number of sulfonamides is 1. The minimum atomic E-state index is -4.22. The molecule has 0 aliphatic carbocycles. The summed E-state index contributed by atoms with van der Waals surface area (Å²) in [5.41, 5.74) is 3.02. The molecule has 4 aromatic rings. The van der Waals surface area contributed by atoms with E-state index in [0.717, 1.165) is 24.8 Å². The third kappa shape index (κ3) is 11.5. The molecule has 13 heteroatoms. The van der Waals surface area contributed by atoms with Gasteiger partial charge in [0.1, 0.15) is 28.5 Å². The van der Waals surface area contributed by atoms with Crippen LogP contribution in [0.4, 0.5) is 5.95 Å². The number of nitrogens with zero attached hydrogens (tertiary/aromatic N) is 7. The van der Waals surface area contributed by atoms with E-state index < -0.39 is 21.4 Å². The van der Waals surface area contributed by atoms with Crippen molar-refractivity contribution in [2.75, 3.05) is 32.2 Å². The maximum absolute atomic E-state index is 15.0. The SMILES string of the molecule is CC#Cc1cnc([C@@H](OC)[C@H](C)S(=O)(=O)N(CCCCCCCCCCCC(C)(C)C)c2nnc(-c3cncc(C)c3)n2-c2c(OC)cccc2OC)nc1. The largest absolute Gasteiger partial charge is 0.494 e. The lowest BCUT2D eigenvalue weighted by molar-refractivity contribution is 0.0947. The Balaban J connectivity index is 1.71. The van der Waals surface area contributed by atoms with Crippen LogP contribution in [0.1, 0.15) is 122 Å². The molecule has 0 radical (unpaired) electrons. The molecule has 3 aromatic heterocycles. The summed E-state index contributed by atoms with van der Waals surface area (Å²) in [5.74, 6) is 7.35. The average molecular weight is 774 g/mol. The Morgan fingerprint density at radius 1 is 0.855 bits per heavy atom. The van der Waals surface area contributed by atoms with Crippen molar-refractivity contribution in [3.05, 3.63) is 66.0 Å². The fourth-order valence-corrected chi connectivity index (χ4v) is 8.28. The van der Waals surface area contributed by atoms with Crippen LogP contribution in [0.3, 0.4) is 0 Å². The van der Waals surface area contributed by atoms with Gasteiger partial charge in [0.05, 0.1) is 19.8 Å². The number of pyridine rings is 1. The van der Waals surface area contributed by atoms with E-state index in [1.807, 2.05) is 19.1 Å². The normalized spacial score (nSPS) is 12.8. The van der Waals surface area contributed by atoms with Crippen LogP contribution in [0, 0.1) is 24.2 Å². The molecule has 4 rings (SSSR count). The zero-order valence-corrected chi connectivity index (χ0v) is 34.9. The third-order valence-corrected chi connectivity index (χ3v) is 11.7. The Kier molecular flexibility index (Phi) is 16.0. The molecule has 0 spiro atoms. The van der Waals surface area contributed by atoms with Crippen LogP contribution in [0.15, 0.2) is 49.1 Å². The monoisotopic (exact) mass is 773 g/mol. The van der Waals surface area contributed by atoms with E-state index in [1.54, 1.807) is 69.6 Å². The first-order valence-electron chi connectivity index (χ1n) is 19.2. The maximum Gasteiger partial charge on any atom is 0.246 e. The topological polar surface area (TPSA) is 134 Å². The number of hydrogen-bond acceptors (Lipinski definition) is 10. The van der Waals surface area contributed by atoms with Gasteiger partial charge in [0.2, 0.25) is 16.0 Å². The van der Waals surface area contributed by atoms with Gasteiger partial charge in [0, 0.05) is 44.0 Å². The molecular formula is C42H59N7O5S. The van der Waals surface area contributed by atoms with Crippen LogP contribution < -0.4 is 13.8 Å². The Labute approximate surface area is 328 Å². The third-order valence-electron chi connectivity index (χ3n) is 9.57. The number of methoxy groups -OCH3 is 3. The maximum atomic E-state index is 15.0. The van der Waals surface area contributed by atoms with Crippen LogP contribution in [-0.4, -0.2) is 71.3 Å². The zero-order chi connectivity index (χ0) is 40.0. The molecule has 0 bridgehead atoms. The van der Waals surface area contributed by atoms with Crippen molar-refractivity contribution in [2.45, 2.75) is 117 Å². The Hall–Kier alpha value is -4.54. The zero-order valence-electron chi connectivity index (χ0n) is 34.1. The Morgan fingerprint density at radius 3 is 2.00 bits per heavy atom. The molecule has 3 heterocycles. The quantitative estimate of drug-likeness (QED) is 0.0598. The predicted octanol–water partition coefficient (Wildman–Crippen LogP) is 8.68. The number of unbranched alkanes of at least 4 members (excludes halogenated alkanes) is 8. The van der Waals surface area contributed by atoms with Crippen LogP contribution in [0.5, 0.6) is 11.5 Å². The molecule has 0 saturated carbocycles. The summed E-state index contributed by atoms with van der Waals surface area (Å²) in [6.07, 6.45) is 16.6. The van der Waals surface area contributed by atoms with Gasteiger partial charge in [-0.3, -0.25) is 9.55 Å². The molecule has 1 aromatic carbocycles. The second kappa shape index (κ2) is 20.4. The first-order valence-corrected chi connectivity index (χ1v) is 20.7. The van der Waals surface area contributed by atoms with Gasteiger partial charge in [0.15, 0.2) is 11.6 Å². The number of aromatic nitrogens is 6. The van der Waals surface area contributed by atoms with Gasteiger partial charge in [-0.2, -0.15) is 0 Å². The lowest BCUT2D eigenvalue weighted by Gasteiger charge is -2.30. The van der Waals surface area contributed by atoms with E-state index >= 15 is 8.42 Å². The summed E-state index contributed by atoms with van der Waals surface area (Å²) in [4.78, 5) is 13.3. The summed E-state index contributed by atoms with van der Waals surface area (Å²) in [6.45, 7) is 12.3. The van der Waals surface area contributed by atoms with Crippen LogP contribution in [0.2, 0.25) is 0 Å². The van der Waals surface area contributed by atoms with E-state index in [0.29, 0.717) is 46.0 Å². The number of anilines is 1. The lowest BCUT2D eigenvalue weighted by Crippen LogP contribution is -2.43. The molecule has 0 aliphatic rings. The highest BCUT2D eigenvalue weighted by Gasteiger charge is 2.40. The lowest BCUT2D eigenvalue weighted by atomic mass is 9.89. The minimum absolute atomic E-state index is 0.0887. The molecule has 0 unspecified atom stereocenters. The Morgan fingerprint density at radius 2 is 1.45 bits per heavy atom. The highest BCUT2D eigenvalue weighted by atomic mass is 32.2. The van der Waals surface area contributed by atoms with E-state index in [2.05, 4.69) is 57.8 Å². The first-order chi connectivity index (χ1) is 26.4. The molecule has 298 valence electrons. The smallest absolute Gasteiger partial charge is 0.246 e. The predicted molar refractivity (Wildman–Crippen MR) is 218 cm³/mol. The summed E-state index contributed by atoms with van der Waals surface area (Å²) in [5, 5.41) is 8.08. The highest BCUT2D eigenvalue weighted by Crippen LogP contribution is 2.40. The van der Waals surface area contributed by atoms with Crippen LogP contribution in [0.25, 0.3) is 17.1 Å². The molecule has 0 amide bonds. The van der Waals surface area contributed by atoms with E-state index in [4.69, 9.17) is 14.2 Å². The van der Waals surface area contributed by atoms with Crippen LogP contribution >= 0.6 is 0 Å². The molecule has 2 atom stereocenters. The van der Waals surface area contributed by atoms with Gasteiger partial charge in [-0.15, -0.1) is 16.1 Å². The number of ether oxygens (including phenoxy) is 3. The van der Waals surface area contributed by atoms with Crippen molar-refractivity contribution in [2.24, 2.45) is 5.41 Å². The molecule has 0 aliphatic heterocycles. The van der Waals surface area contributed by atoms with Gasteiger partial charge in [-0.25, -0.2) is 22.7 Å². The van der Waals surface area contributed by atoms with E-state index in [9.17, 15) is 0 Å². The second-order valence-electron chi connectivity index (χ2n) is 15.1. The summed E-state index contributed by atoms with van der Waals surface area (Å²) in [7, 11) is 0.346. The van der Waals surface area contributed by atoms with Gasteiger partial charge in [0.25, 0.3) is 0 Å². The summed E-state index contributed by atoms with van der Waals surface area (Å²) < 4.78 is 50.6. The molecule has 0 N–H and O–H groups in total. The summed E-state index contributed by atoms with van der Waals surface area (Å²) in [6, 6.07) is 7.31.